The number of hydrogen-bond acceptors (Lipinski definition) is 7. The van der Waals surface area contributed by atoms with Gasteiger partial charge in [-0.15, -0.1) is 0 Å². The van der Waals surface area contributed by atoms with Gasteiger partial charge in [0, 0.05) is 25.4 Å². The Labute approximate surface area is 218 Å². The summed E-state index contributed by atoms with van der Waals surface area (Å²) in [6.45, 7) is 5.38. The summed E-state index contributed by atoms with van der Waals surface area (Å²) in [4.78, 5) is 33.4. The summed E-state index contributed by atoms with van der Waals surface area (Å²) in [5.74, 6) is -0.286. The lowest BCUT2D eigenvalue weighted by atomic mass is 10.1. The van der Waals surface area contributed by atoms with Crippen molar-refractivity contribution in [3.8, 4) is 17.1 Å². The highest BCUT2D eigenvalue weighted by atomic mass is 19.4. The van der Waals surface area contributed by atoms with Crippen LogP contribution >= 0.6 is 0 Å². The number of hydrogen-bond donors (Lipinski definition) is 1. The van der Waals surface area contributed by atoms with E-state index in [1.165, 1.54) is 25.4 Å². The number of nitrogens with one attached hydrogen (secondary N) is 1. The molecule has 0 atom stereocenters. The van der Waals surface area contributed by atoms with Crippen LogP contribution in [0.25, 0.3) is 11.4 Å². The van der Waals surface area contributed by atoms with E-state index in [1.54, 1.807) is 45.0 Å². The number of benzene rings is 2. The molecule has 11 heteroatoms. The van der Waals surface area contributed by atoms with Crippen LogP contribution in [0.1, 0.15) is 48.0 Å². The van der Waals surface area contributed by atoms with E-state index in [0.717, 1.165) is 17.7 Å². The summed E-state index contributed by atoms with van der Waals surface area (Å²) >= 11 is 0. The van der Waals surface area contributed by atoms with Gasteiger partial charge < -0.3 is 19.5 Å². The Bertz CT molecular complexity index is 1260. The molecule has 202 valence electrons. The third kappa shape index (κ3) is 7.28. The topological polar surface area (TPSA) is 99.6 Å². The largest absolute Gasteiger partial charge is 0.476 e. The van der Waals surface area contributed by atoms with Crippen molar-refractivity contribution in [1.29, 1.82) is 0 Å². The summed E-state index contributed by atoms with van der Waals surface area (Å²) in [6.07, 6.45) is -3.13. The van der Waals surface area contributed by atoms with Crippen molar-refractivity contribution in [2.75, 3.05) is 13.7 Å². The van der Waals surface area contributed by atoms with Crippen molar-refractivity contribution in [3.05, 3.63) is 77.1 Å². The number of amides is 1. The standard InChI is InChI=1S/C27H28F3N3O5/c1-5-37-25(35)26(2,3)38-20-12-6-17(7-13-20)14-32-24(34)21-15-31-23(33-22(21)16-36-4)18-8-10-19(11-9-18)27(28,29)30/h6-13,15H,5,14,16H2,1-4H3,(H,32,34). The summed E-state index contributed by atoms with van der Waals surface area (Å²) in [7, 11) is 1.44. The van der Waals surface area contributed by atoms with Crippen LogP contribution in [0.5, 0.6) is 5.75 Å². The predicted molar refractivity (Wildman–Crippen MR) is 132 cm³/mol. The van der Waals surface area contributed by atoms with Crippen LogP contribution < -0.4 is 10.1 Å². The molecule has 3 aromatic rings. The van der Waals surface area contributed by atoms with E-state index in [-0.39, 0.29) is 31.1 Å². The summed E-state index contributed by atoms with van der Waals surface area (Å²) < 4.78 is 54.4. The smallest absolute Gasteiger partial charge is 0.416 e. The van der Waals surface area contributed by atoms with Gasteiger partial charge in [0.05, 0.1) is 30.0 Å². The lowest BCUT2D eigenvalue weighted by Gasteiger charge is -2.24. The minimum atomic E-state index is -4.45. The van der Waals surface area contributed by atoms with Gasteiger partial charge in [-0.1, -0.05) is 24.3 Å². The van der Waals surface area contributed by atoms with Crippen LogP contribution in [0.15, 0.2) is 54.7 Å². The molecule has 2 aromatic carbocycles. The van der Waals surface area contributed by atoms with E-state index in [4.69, 9.17) is 14.2 Å². The fourth-order valence-corrected chi connectivity index (χ4v) is 3.40. The minimum absolute atomic E-state index is 0.00119. The molecule has 38 heavy (non-hydrogen) atoms. The Morgan fingerprint density at radius 3 is 2.24 bits per heavy atom. The highest BCUT2D eigenvalue weighted by Crippen LogP contribution is 2.30. The molecule has 0 spiro atoms. The van der Waals surface area contributed by atoms with Gasteiger partial charge in [0.15, 0.2) is 11.4 Å². The molecule has 1 heterocycles. The normalized spacial score (nSPS) is 11.7. The van der Waals surface area contributed by atoms with Crippen LogP contribution in [-0.4, -0.2) is 41.2 Å². The van der Waals surface area contributed by atoms with E-state index >= 15 is 0 Å². The number of nitrogens with zero attached hydrogens (tertiary/aromatic N) is 2. The first-order valence-electron chi connectivity index (χ1n) is 11.7. The van der Waals surface area contributed by atoms with Crippen LogP contribution in [0.3, 0.4) is 0 Å². The van der Waals surface area contributed by atoms with Crippen molar-refractivity contribution in [2.45, 2.75) is 45.7 Å². The van der Waals surface area contributed by atoms with Gasteiger partial charge in [-0.25, -0.2) is 14.8 Å². The molecule has 8 nitrogen and oxygen atoms in total. The molecule has 0 radical (unpaired) electrons. The second-order valence-corrected chi connectivity index (χ2v) is 8.72. The molecule has 0 aliphatic rings. The van der Waals surface area contributed by atoms with Crippen LogP contribution in [0.2, 0.25) is 0 Å². The van der Waals surface area contributed by atoms with Crippen LogP contribution in [-0.2, 0) is 33.6 Å². The fourth-order valence-electron chi connectivity index (χ4n) is 3.40. The monoisotopic (exact) mass is 531 g/mol. The first-order valence-corrected chi connectivity index (χ1v) is 11.7. The second kappa shape index (κ2) is 12.0. The summed E-state index contributed by atoms with van der Waals surface area (Å²) in [6, 6.07) is 11.3. The number of aromatic nitrogens is 2. The minimum Gasteiger partial charge on any atom is -0.476 e. The number of methoxy groups -OCH3 is 1. The second-order valence-electron chi connectivity index (χ2n) is 8.72. The van der Waals surface area contributed by atoms with Gasteiger partial charge in [-0.05, 0) is 50.6 Å². The van der Waals surface area contributed by atoms with Crippen molar-refractivity contribution in [2.24, 2.45) is 0 Å². The van der Waals surface area contributed by atoms with Crippen LogP contribution in [0, 0.1) is 0 Å². The molecule has 1 amide bonds. The van der Waals surface area contributed by atoms with E-state index in [1.807, 2.05) is 0 Å². The number of esters is 1. The summed E-state index contributed by atoms with van der Waals surface area (Å²) in [5.41, 5.74) is -0.322. The molecule has 0 bridgehead atoms. The van der Waals surface area contributed by atoms with E-state index in [9.17, 15) is 22.8 Å². The molecule has 1 aromatic heterocycles. The Morgan fingerprint density at radius 2 is 1.66 bits per heavy atom. The van der Waals surface area contributed by atoms with Crippen molar-refractivity contribution < 1.29 is 37.0 Å². The molecule has 3 rings (SSSR count). The van der Waals surface area contributed by atoms with Gasteiger partial charge in [0.2, 0.25) is 0 Å². The highest BCUT2D eigenvalue weighted by molar-refractivity contribution is 5.95. The Kier molecular flexibility index (Phi) is 9.05. The number of halogens is 3. The van der Waals surface area contributed by atoms with Gasteiger partial charge in [0.25, 0.3) is 5.91 Å². The molecule has 0 aliphatic carbocycles. The Morgan fingerprint density at radius 1 is 1.00 bits per heavy atom. The average Bonchev–Trinajstić information content (AvgIpc) is 2.88. The van der Waals surface area contributed by atoms with Crippen LogP contribution in [0.4, 0.5) is 13.2 Å². The van der Waals surface area contributed by atoms with Gasteiger partial charge in [0.1, 0.15) is 5.75 Å². The zero-order valence-electron chi connectivity index (χ0n) is 21.4. The van der Waals surface area contributed by atoms with E-state index in [0.29, 0.717) is 17.0 Å². The van der Waals surface area contributed by atoms with Crippen molar-refractivity contribution >= 4 is 11.9 Å². The molecule has 0 aliphatic heterocycles. The number of carbonyl (C=O) groups is 2. The van der Waals surface area contributed by atoms with Gasteiger partial charge in [-0.3, -0.25) is 4.79 Å². The Hall–Kier alpha value is -3.99. The van der Waals surface area contributed by atoms with E-state index < -0.39 is 29.2 Å². The molecule has 0 unspecified atom stereocenters. The molecular weight excluding hydrogens is 503 g/mol. The molecule has 1 N–H and O–H groups in total. The zero-order chi connectivity index (χ0) is 27.9. The maximum absolute atomic E-state index is 12.9. The van der Waals surface area contributed by atoms with E-state index in [2.05, 4.69) is 15.3 Å². The molecule has 0 saturated heterocycles. The number of carbonyl (C=O) groups excluding carboxylic acids is 2. The highest BCUT2D eigenvalue weighted by Gasteiger charge is 2.32. The molecular formula is C27H28F3N3O5. The zero-order valence-corrected chi connectivity index (χ0v) is 21.4. The predicted octanol–water partition coefficient (Wildman–Crippen LogP) is 4.96. The first kappa shape index (κ1) is 28.6. The van der Waals surface area contributed by atoms with Crippen molar-refractivity contribution in [1.82, 2.24) is 15.3 Å². The van der Waals surface area contributed by atoms with Gasteiger partial charge in [-0.2, -0.15) is 13.2 Å². The SMILES string of the molecule is CCOC(=O)C(C)(C)Oc1ccc(CNC(=O)c2cnc(-c3ccc(C(F)(F)F)cc3)nc2COC)cc1. The maximum atomic E-state index is 12.9. The number of rotatable bonds is 10. The third-order valence-electron chi connectivity index (χ3n) is 5.38. The quantitative estimate of drug-likeness (QED) is 0.369. The number of alkyl halides is 3. The summed E-state index contributed by atoms with van der Waals surface area (Å²) in [5, 5.41) is 2.79. The first-order chi connectivity index (χ1) is 17.9. The fraction of sp³-hybridized carbons (Fsp3) is 0.333. The maximum Gasteiger partial charge on any atom is 0.416 e. The number of ether oxygens (including phenoxy) is 3. The Balaban J connectivity index is 1.68. The third-order valence-corrected chi connectivity index (χ3v) is 5.38. The lowest BCUT2D eigenvalue weighted by molar-refractivity contribution is -0.158. The molecule has 0 saturated carbocycles. The lowest BCUT2D eigenvalue weighted by Crippen LogP contribution is -2.39. The average molecular weight is 532 g/mol. The van der Waals surface area contributed by atoms with Gasteiger partial charge >= 0.3 is 12.1 Å². The molecule has 0 fully saturated rings. The van der Waals surface area contributed by atoms with Crippen molar-refractivity contribution in [3.63, 3.8) is 0 Å².